The molecule has 0 aliphatic heterocycles. The molecule has 0 aliphatic rings. The molecule has 5 nitrogen and oxygen atoms in total. The van der Waals surface area contributed by atoms with Gasteiger partial charge in [0.1, 0.15) is 6.04 Å². The van der Waals surface area contributed by atoms with E-state index in [9.17, 15) is 9.59 Å². The van der Waals surface area contributed by atoms with Gasteiger partial charge in [0.15, 0.2) is 0 Å². The minimum Gasteiger partial charge on any atom is -0.480 e. The monoisotopic (exact) mass is 264 g/mol. The maximum Gasteiger partial charge on any atom is 0.326 e. The lowest BCUT2D eigenvalue weighted by molar-refractivity contribution is -0.140. The van der Waals surface area contributed by atoms with E-state index in [1.165, 1.54) is 0 Å². The molecule has 19 heavy (non-hydrogen) atoms. The molecule has 2 atom stereocenters. The van der Waals surface area contributed by atoms with Crippen LogP contribution in [0.1, 0.15) is 36.2 Å². The highest BCUT2D eigenvalue weighted by molar-refractivity contribution is 5.96. The van der Waals surface area contributed by atoms with E-state index in [4.69, 9.17) is 10.8 Å². The van der Waals surface area contributed by atoms with Crippen LogP contribution in [0.3, 0.4) is 0 Å². The van der Waals surface area contributed by atoms with Gasteiger partial charge in [-0.25, -0.2) is 4.79 Å². The molecule has 0 radical (unpaired) electrons. The van der Waals surface area contributed by atoms with Crippen molar-refractivity contribution in [1.29, 1.82) is 0 Å². The van der Waals surface area contributed by atoms with Gasteiger partial charge in [0.25, 0.3) is 5.91 Å². The number of rotatable bonds is 6. The number of nitrogens with two attached hydrogens (primary N) is 1. The first-order valence-electron chi connectivity index (χ1n) is 6.32. The van der Waals surface area contributed by atoms with Gasteiger partial charge in [0, 0.05) is 12.1 Å². The fourth-order valence-corrected chi connectivity index (χ4v) is 1.70. The fraction of sp³-hybridized carbons (Fsp3) is 0.429. The van der Waals surface area contributed by atoms with Crippen molar-refractivity contribution >= 4 is 11.9 Å². The molecular formula is C14H20N2O3. The smallest absolute Gasteiger partial charge is 0.326 e. The number of hydrogen-bond donors (Lipinski definition) is 3. The second-order valence-electron chi connectivity index (χ2n) is 4.58. The molecule has 104 valence electrons. The highest BCUT2D eigenvalue weighted by Crippen LogP contribution is 2.10. The molecule has 0 spiro atoms. The van der Waals surface area contributed by atoms with Gasteiger partial charge in [0.2, 0.25) is 0 Å². The third-order valence-electron chi connectivity index (χ3n) is 3.22. The molecule has 1 aromatic carbocycles. The summed E-state index contributed by atoms with van der Waals surface area (Å²) in [5.41, 5.74) is 6.84. The van der Waals surface area contributed by atoms with Gasteiger partial charge in [-0.3, -0.25) is 4.79 Å². The van der Waals surface area contributed by atoms with Crippen LogP contribution in [0.2, 0.25) is 0 Å². The summed E-state index contributed by atoms with van der Waals surface area (Å²) in [6.45, 7) is 4.10. The van der Waals surface area contributed by atoms with E-state index in [0.717, 1.165) is 5.56 Å². The zero-order valence-corrected chi connectivity index (χ0v) is 11.2. The van der Waals surface area contributed by atoms with Crippen molar-refractivity contribution in [2.75, 3.05) is 0 Å². The molecule has 1 amide bonds. The Morgan fingerprint density at radius 3 is 2.32 bits per heavy atom. The number of hydrogen-bond acceptors (Lipinski definition) is 3. The molecule has 1 rings (SSSR count). The lowest BCUT2D eigenvalue weighted by Crippen LogP contribution is -2.45. The molecule has 1 unspecified atom stereocenters. The number of benzene rings is 1. The van der Waals surface area contributed by atoms with Crippen LogP contribution in [-0.4, -0.2) is 23.0 Å². The molecule has 5 heteroatoms. The summed E-state index contributed by atoms with van der Waals surface area (Å²) in [4.78, 5) is 23.1. The van der Waals surface area contributed by atoms with Crippen molar-refractivity contribution in [1.82, 2.24) is 5.32 Å². The Kier molecular flexibility index (Phi) is 5.51. The van der Waals surface area contributed by atoms with Gasteiger partial charge >= 0.3 is 5.97 Å². The minimum absolute atomic E-state index is 0.121. The van der Waals surface area contributed by atoms with E-state index in [1.807, 2.05) is 6.92 Å². The molecule has 0 bridgehead atoms. The molecular weight excluding hydrogens is 244 g/mol. The summed E-state index contributed by atoms with van der Waals surface area (Å²) >= 11 is 0. The zero-order chi connectivity index (χ0) is 14.4. The zero-order valence-electron chi connectivity index (χ0n) is 11.2. The summed E-state index contributed by atoms with van der Waals surface area (Å²) in [7, 11) is 0. The average molecular weight is 264 g/mol. The molecule has 1 aromatic rings. The Labute approximate surface area is 112 Å². The lowest BCUT2D eigenvalue weighted by atomic mass is 9.99. The molecule has 0 heterocycles. The normalized spacial score (nSPS) is 13.6. The third-order valence-corrected chi connectivity index (χ3v) is 3.22. The Bertz CT molecular complexity index is 443. The standard InChI is InChI=1S/C14H20N2O3/c1-3-9(2)12(14(18)19)16-13(17)11-6-4-10(8-15)5-7-11/h4-7,9,12H,3,8,15H2,1-2H3,(H,16,17)(H,18,19)/t9?,12-/m0/s1. The summed E-state index contributed by atoms with van der Waals surface area (Å²) in [6.07, 6.45) is 0.684. The van der Waals surface area contributed by atoms with E-state index < -0.39 is 12.0 Å². The maximum absolute atomic E-state index is 12.0. The van der Waals surface area contributed by atoms with Crippen molar-refractivity contribution < 1.29 is 14.7 Å². The largest absolute Gasteiger partial charge is 0.480 e. The highest BCUT2D eigenvalue weighted by Gasteiger charge is 2.25. The molecule has 0 saturated carbocycles. The van der Waals surface area contributed by atoms with Crippen LogP contribution in [-0.2, 0) is 11.3 Å². The topological polar surface area (TPSA) is 92.4 Å². The highest BCUT2D eigenvalue weighted by atomic mass is 16.4. The number of amides is 1. The van der Waals surface area contributed by atoms with Crippen LogP contribution in [0.15, 0.2) is 24.3 Å². The first-order valence-corrected chi connectivity index (χ1v) is 6.32. The van der Waals surface area contributed by atoms with E-state index in [-0.39, 0.29) is 11.8 Å². The van der Waals surface area contributed by atoms with Crippen LogP contribution in [0, 0.1) is 5.92 Å². The average Bonchev–Trinajstić information content (AvgIpc) is 2.43. The number of carbonyl (C=O) groups excluding carboxylic acids is 1. The SMILES string of the molecule is CCC(C)[C@H](NC(=O)c1ccc(CN)cc1)C(=O)O. The maximum atomic E-state index is 12.0. The molecule has 4 N–H and O–H groups in total. The molecule has 0 fully saturated rings. The first kappa shape index (κ1) is 15.2. The third kappa shape index (κ3) is 4.06. The molecule has 0 aromatic heterocycles. The summed E-state index contributed by atoms with van der Waals surface area (Å²) in [5, 5.41) is 11.7. The van der Waals surface area contributed by atoms with E-state index in [0.29, 0.717) is 18.5 Å². The van der Waals surface area contributed by atoms with Crippen molar-refractivity contribution in [3.05, 3.63) is 35.4 Å². The summed E-state index contributed by atoms with van der Waals surface area (Å²) < 4.78 is 0. The van der Waals surface area contributed by atoms with Crippen molar-refractivity contribution in [2.24, 2.45) is 11.7 Å². The summed E-state index contributed by atoms with van der Waals surface area (Å²) in [5.74, 6) is -1.51. The van der Waals surface area contributed by atoms with Crippen molar-refractivity contribution in [3.8, 4) is 0 Å². The van der Waals surface area contributed by atoms with Crippen molar-refractivity contribution in [2.45, 2.75) is 32.9 Å². The second-order valence-corrected chi connectivity index (χ2v) is 4.58. The summed E-state index contributed by atoms with van der Waals surface area (Å²) in [6, 6.07) is 5.94. The first-order chi connectivity index (χ1) is 8.99. The fourth-order valence-electron chi connectivity index (χ4n) is 1.70. The quantitative estimate of drug-likeness (QED) is 0.723. The predicted octanol–water partition coefficient (Wildman–Crippen LogP) is 1.37. The number of carboxylic acid groups (broad SMARTS) is 1. The number of carboxylic acids is 1. The van der Waals surface area contributed by atoms with Gasteiger partial charge < -0.3 is 16.2 Å². The van der Waals surface area contributed by atoms with Crippen LogP contribution in [0.5, 0.6) is 0 Å². The van der Waals surface area contributed by atoms with Gasteiger partial charge in [0.05, 0.1) is 0 Å². The van der Waals surface area contributed by atoms with Gasteiger partial charge in [-0.2, -0.15) is 0 Å². The second kappa shape index (κ2) is 6.89. The minimum atomic E-state index is -1.01. The Hall–Kier alpha value is -1.88. The molecule has 0 aliphatic carbocycles. The Morgan fingerprint density at radius 1 is 1.32 bits per heavy atom. The lowest BCUT2D eigenvalue weighted by Gasteiger charge is -2.20. The number of carbonyl (C=O) groups is 2. The van der Waals surface area contributed by atoms with Gasteiger partial charge in [-0.1, -0.05) is 32.4 Å². The van der Waals surface area contributed by atoms with E-state index in [2.05, 4.69) is 5.32 Å². The Balaban J connectivity index is 2.78. The van der Waals surface area contributed by atoms with E-state index in [1.54, 1.807) is 31.2 Å². The number of aliphatic carboxylic acids is 1. The van der Waals surface area contributed by atoms with Crippen LogP contribution in [0.25, 0.3) is 0 Å². The van der Waals surface area contributed by atoms with Crippen LogP contribution in [0.4, 0.5) is 0 Å². The molecule has 0 saturated heterocycles. The number of nitrogens with one attached hydrogen (secondary N) is 1. The van der Waals surface area contributed by atoms with Crippen molar-refractivity contribution in [3.63, 3.8) is 0 Å². The van der Waals surface area contributed by atoms with E-state index >= 15 is 0 Å². The van der Waals surface area contributed by atoms with Crippen LogP contribution >= 0.6 is 0 Å². The predicted molar refractivity (Wildman–Crippen MR) is 72.7 cm³/mol. The van der Waals surface area contributed by atoms with Gasteiger partial charge in [-0.05, 0) is 23.6 Å². The van der Waals surface area contributed by atoms with Gasteiger partial charge in [-0.15, -0.1) is 0 Å². The Morgan fingerprint density at radius 2 is 1.89 bits per heavy atom. The van der Waals surface area contributed by atoms with Crippen LogP contribution < -0.4 is 11.1 Å².